The Labute approximate surface area is 175 Å². The summed E-state index contributed by atoms with van der Waals surface area (Å²) in [6.45, 7) is 3.20. The third-order valence-corrected chi connectivity index (χ3v) is 4.96. The van der Waals surface area contributed by atoms with E-state index < -0.39 is 0 Å². The van der Waals surface area contributed by atoms with Gasteiger partial charge in [-0.15, -0.1) is 0 Å². The first-order valence-corrected chi connectivity index (χ1v) is 9.75. The van der Waals surface area contributed by atoms with Gasteiger partial charge in [-0.1, -0.05) is 6.07 Å². The summed E-state index contributed by atoms with van der Waals surface area (Å²) >= 11 is 0. The van der Waals surface area contributed by atoms with E-state index in [9.17, 15) is 14.4 Å². The van der Waals surface area contributed by atoms with Crippen LogP contribution in [-0.2, 0) is 16.0 Å². The highest BCUT2D eigenvalue weighted by Gasteiger charge is 2.24. The van der Waals surface area contributed by atoms with Crippen LogP contribution in [0.1, 0.15) is 23.0 Å². The lowest BCUT2D eigenvalue weighted by atomic mass is 10.1. The highest BCUT2D eigenvalue weighted by molar-refractivity contribution is 5.94. The lowest BCUT2D eigenvalue weighted by Crippen LogP contribution is -2.52. The molecule has 30 heavy (non-hydrogen) atoms. The van der Waals surface area contributed by atoms with Crippen LogP contribution in [0, 0.1) is 0 Å². The van der Waals surface area contributed by atoms with Crippen molar-refractivity contribution in [3.8, 4) is 11.5 Å². The molecule has 8 heteroatoms. The van der Waals surface area contributed by atoms with Crippen molar-refractivity contribution in [3.63, 3.8) is 0 Å². The Kier molecular flexibility index (Phi) is 7.00. The fraction of sp³-hybridized carbons (Fsp3) is 0.364. The zero-order valence-corrected chi connectivity index (χ0v) is 17.2. The molecule has 3 rings (SSSR count). The Bertz CT molecular complexity index is 908. The van der Waals surface area contributed by atoms with Crippen molar-refractivity contribution in [2.24, 2.45) is 0 Å². The largest absolute Gasteiger partial charge is 0.493 e. The van der Waals surface area contributed by atoms with Crippen molar-refractivity contribution in [3.05, 3.63) is 53.9 Å². The molecule has 0 N–H and O–H groups in total. The molecule has 0 saturated carbocycles. The molecule has 1 aromatic carbocycles. The zero-order valence-electron chi connectivity index (χ0n) is 17.2. The third kappa shape index (κ3) is 5.34. The van der Waals surface area contributed by atoms with E-state index in [1.54, 1.807) is 34.2 Å². The topological polar surface area (TPSA) is 89.0 Å². The number of pyridine rings is 1. The fourth-order valence-corrected chi connectivity index (χ4v) is 3.21. The van der Waals surface area contributed by atoms with E-state index >= 15 is 0 Å². The summed E-state index contributed by atoms with van der Waals surface area (Å²) in [4.78, 5) is 44.0. The quantitative estimate of drug-likeness (QED) is 0.643. The standard InChI is InChI=1S/C22H25N3O5/c1-16(26)17-6-7-19(20(13-17)29-2)30-15-22(28)25-11-9-24(10-12-25)21(27)14-18-5-3-4-8-23-18/h3-8,13H,9-12,14-15H2,1-2H3. The van der Waals surface area contributed by atoms with Gasteiger partial charge in [-0.2, -0.15) is 0 Å². The van der Waals surface area contributed by atoms with Crippen molar-refractivity contribution in [2.75, 3.05) is 39.9 Å². The van der Waals surface area contributed by atoms with Gasteiger partial charge in [-0.3, -0.25) is 19.4 Å². The van der Waals surface area contributed by atoms with Gasteiger partial charge in [0, 0.05) is 43.6 Å². The number of amides is 2. The molecule has 8 nitrogen and oxygen atoms in total. The molecule has 0 spiro atoms. The Balaban J connectivity index is 1.49. The maximum absolute atomic E-state index is 12.5. The summed E-state index contributed by atoms with van der Waals surface area (Å²) in [6.07, 6.45) is 1.93. The van der Waals surface area contributed by atoms with Crippen LogP contribution in [0.15, 0.2) is 42.6 Å². The Morgan fingerprint density at radius 2 is 1.67 bits per heavy atom. The summed E-state index contributed by atoms with van der Waals surface area (Å²) in [5.41, 5.74) is 1.25. The van der Waals surface area contributed by atoms with Crippen LogP contribution in [0.2, 0.25) is 0 Å². The molecule has 1 aliphatic heterocycles. The van der Waals surface area contributed by atoms with Crippen LogP contribution < -0.4 is 9.47 Å². The number of aromatic nitrogens is 1. The summed E-state index contributed by atoms with van der Waals surface area (Å²) in [7, 11) is 1.48. The number of carbonyl (C=O) groups excluding carboxylic acids is 3. The second kappa shape index (κ2) is 9.87. The number of piperazine rings is 1. The molecule has 0 unspecified atom stereocenters. The van der Waals surface area contributed by atoms with Gasteiger partial charge < -0.3 is 19.3 Å². The smallest absolute Gasteiger partial charge is 0.260 e. The van der Waals surface area contributed by atoms with E-state index in [-0.39, 0.29) is 30.6 Å². The van der Waals surface area contributed by atoms with Gasteiger partial charge in [0.05, 0.1) is 13.5 Å². The van der Waals surface area contributed by atoms with Crippen molar-refractivity contribution in [1.29, 1.82) is 0 Å². The number of ketones is 1. The maximum Gasteiger partial charge on any atom is 0.260 e. The normalized spacial score (nSPS) is 13.7. The molecule has 2 aromatic rings. The van der Waals surface area contributed by atoms with Crippen LogP contribution >= 0.6 is 0 Å². The summed E-state index contributed by atoms with van der Waals surface area (Å²) in [5.74, 6) is 0.573. The number of carbonyl (C=O) groups is 3. The molecular formula is C22H25N3O5. The maximum atomic E-state index is 12.5. The van der Waals surface area contributed by atoms with Gasteiger partial charge in [0.1, 0.15) is 0 Å². The highest BCUT2D eigenvalue weighted by Crippen LogP contribution is 2.28. The first kappa shape index (κ1) is 21.3. The lowest BCUT2D eigenvalue weighted by molar-refractivity contribution is -0.140. The number of benzene rings is 1. The molecule has 0 atom stereocenters. The zero-order chi connectivity index (χ0) is 21.5. The predicted molar refractivity (Wildman–Crippen MR) is 110 cm³/mol. The average molecular weight is 411 g/mol. The Morgan fingerprint density at radius 1 is 0.967 bits per heavy atom. The van der Waals surface area contributed by atoms with Crippen LogP contribution in [0.5, 0.6) is 11.5 Å². The second-order valence-corrected chi connectivity index (χ2v) is 6.97. The SMILES string of the molecule is COc1cc(C(C)=O)ccc1OCC(=O)N1CCN(C(=O)Cc2ccccn2)CC1. The van der Waals surface area contributed by atoms with Crippen molar-refractivity contribution in [2.45, 2.75) is 13.3 Å². The summed E-state index contributed by atoms with van der Waals surface area (Å²) in [6, 6.07) is 10.3. The summed E-state index contributed by atoms with van der Waals surface area (Å²) in [5, 5.41) is 0. The third-order valence-electron chi connectivity index (χ3n) is 4.96. The number of hydrogen-bond acceptors (Lipinski definition) is 6. The number of nitrogens with zero attached hydrogens (tertiary/aromatic N) is 3. The minimum Gasteiger partial charge on any atom is -0.493 e. The van der Waals surface area contributed by atoms with Crippen LogP contribution in [0.4, 0.5) is 0 Å². The average Bonchev–Trinajstić information content (AvgIpc) is 2.78. The van der Waals surface area contributed by atoms with Gasteiger partial charge in [-0.25, -0.2) is 0 Å². The monoisotopic (exact) mass is 411 g/mol. The van der Waals surface area contributed by atoms with Gasteiger partial charge in [0.2, 0.25) is 5.91 Å². The number of rotatable bonds is 7. The molecule has 1 aromatic heterocycles. The van der Waals surface area contributed by atoms with Gasteiger partial charge in [0.15, 0.2) is 23.9 Å². The van der Waals surface area contributed by atoms with Crippen molar-refractivity contribution < 1.29 is 23.9 Å². The van der Waals surface area contributed by atoms with Gasteiger partial charge in [0.25, 0.3) is 5.91 Å². The lowest BCUT2D eigenvalue weighted by Gasteiger charge is -2.34. The molecular weight excluding hydrogens is 386 g/mol. The van der Waals surface area contributed by atoms with E-state index in [4.69, 9.17) is 9.47 Å². The van der Waals surface area contributed by atoms with Crippen LogP contribution in [-0.4, -0.2) is 72.3 Å². The molecule has 158 valence electrons. The number of hydrogen-bond donors (Lipinski definition) is 0. The minimum atomic E-state index is -0.162. The van der Waals surface area contributed by atoms with Crippen molar-refractivity contribution >= 4 is 17.6 Å². The second-order valence-electron chi connectivity index (χ2n) is 6.97. The molecule has 1 aliphatic rings. The molecule has 0 aliphatic carbocycles. The molecule has 2 amide bonds. The molecule has 0 radical (unpaired) electrons. The van der Waals surface area contributed by atoms with E-state index in [1.165, 1.54) is 14.0 Å². The van der Waals surface area contributed by atoms with E-state index in [0.29, 0.717) is 43.2 Å². The number of Topliss-reactive ketones (excluding diaryl/α,β-unsaturated/α-hetero) is 1. The van der Waals surface area contributed by atoms with Gasteiger partial charge in [-0.05, 0) is 37.3 Å². The predicted octanol–water partition coefficient (Wildman–Crippen LogP) is 1.59. The van der Waals surface area contributed by atoms with E-state index in [2.05, 4.69) is 4.98 Å². The molecule has 1 saturated heterocycles. The Morgan fingerprint density at radius 3 is 2.27 bits per heavy atom. The minimum absolute atomic E-state index is 0.00680. The van der Waals surface area contributed by atoms with Gasteiger partial charge >= 0.3 is 0 Å². The van der Waals surface area contributed by atoms with E-state index in [0.717, 1.165) is 5.69 Å². The fourth-order valence-electron chi connectivity index (χ4n) is 3.21. The summed E-state index contributed by atoms with van der Waals surface area (Å²) < 4.78 is 10.9. The molecule has 0 bridgehead atoms. The first-order valence-electron chi connectivity index (χ1n) is 9.75. The number of ether oxygens (including phenoxy) is 2. The molecule has 2 heterocycles. The van der Waals surface area contributed by atoms with E-state index in [1.807, 2.05) is 18.2 Å². The van der Waals surface area contributed by atoms with Crippen LogP contribution in [0.3, 0.4) is 0 Å². The number of methoxy groups -OCH3 is 1. The van der Waals surface area contributed by atoms with Crippen LogP contribution in [0.25, 0.3) is 0 Å². The molecule has 1 fully saturated rings. The highest BCUT2D eigenvalue weighted by atomic mass is 16.5. The van der Waals surface area contributed by atoms with Crippen molar-refractivity contribution in [1.82, 2.24) is 14.8 Å². The first-order chi connectivity index (χ1) is 14.5. The Hall–Kier alpha value is -3.42.